The molecular weight excluding hydrogens is 512 g/mol. The monoisotopic (exact) mass is 530 g/mol. The van der Waals surface area contributed by atoms with Gasteiger partial charge in [0.2, 0.25) is 0 Å². The SMILES string of the molecule is CC[S+]([O-])c1ccc(CNC(=O)Nc2cc(Cl)c(-c3ccccc3OC(F)(F)F)c(Cl)c2)cc1. The van der Waals surface area contributed by atoms with E-state index in [0.29, 0.717) is 10.6 Å². The smallest absolute Gasteiger partial charge is 0.573 e. The molecule has 0 saturated carbocycles. The number of hydrogen-bond donors (Lipinski definition) is 2. The van der Waals surface area contributed by atoms with Gasteiger partial charge in [0.15, 0.2) is 4.90 Å². The van der Waals surface area contributed by atoms with Crippen molar-refractivity contribution in [2.75, 3.05) is 11.1 Å². The third kappa shape index (κ3) is 6.96. The van der Waals surface area contributed by atoms with E-state index in [9.17, 15) is 22.5 Å². The third-order valence-corrected chi connectivity index (χ3v) is 6.50. The highest BCUT2D eigenvalue weighted by atomic mass is 35.5. The fourth-order valence-corrected chi connectivity index (χ4v) is 4.54. The van der Waals surface area contributed by atoms with Gasteiger partial charge in [0.05, 0.1) is 10.0 Å². The summed E-state index contributed by atoms with van der Waals surface area (Å²) in [5.41, 5.74) is 1.25. The molecule has 5 nitrogen and oxygen atoms in total. The number of ether oxygens (including phenoxy) is 1. The van der Waals surface area contributed by atoms with E-state index in [1.54, 1.807) is 24.3 Å². The van der Waals surface area contributed by atoms with E-state index < -0.39 is 29.3 Å². The van der Waals surface area contributed by atoms with Crippen LogP contribution in [-0.4, -0.2) is 22.7 Å². The predicted octanol–water partition coefficient (Wildman–Crippen LogP) is 7.01. The Labute approximate surface area is 207 Å². The van der Waals surface area contributed by atoms with Gasteiger partial charge in [-0.2, -0.15) is 0 Å². The van der Waals surface area contributed by atoms with Crippen LogP contribution in [0.2, 0.25) is 10.0 Å². The van der Waals surface area contributed by atoms with E-state index in [0.717, 1.165) is 11.6 Å². The van der Waals surface area contributed by atoms with E-state index in [4.69, 9.17) is 23.2 Å². The first-order valence-corrected chi connectivity index (χ1v) is 12.0. The Balaban J connectivity index is 1.70. The van der Waals surface area contributed by atoms with Crippen LogP contribution in [0.3, 0.4) is 0 Å². The normalized spacial score (nSPS) is 12.2. The molecule has 0 saturated heterocycles. The molecule has 1 unspecified atom stereocenters. The Bertz CT molecular complexity index is 1140. The summed E-state index contributed by atoms with van der Waals surface area (Å²) < 4.78 is 54.1. The van der Waals surface area contributed by atoms with Gasteiger partial charge in [-0.3, -0.25) is 0 Å². The van der Waals surface area contributed by atoms with Crippen molar-refractivity contribution in [1.82, 2.24) is 5.32 Å². The number of carbonyl (C=O) groups excluding carboxylic acids is 1. The van der Waals surface area contributed by atoms with E-state index >= 15 is 0 Å². The summed E-state index contributed by atoms with van der Waals surface area (Å²) in [5.74, 6) is 0.0660. The van der Waals surface area contributed by atoms with Crippen molar-refractivity contribution in [3.05, 3.63) is 76.3 Å². The molecule has 0 fully saturated rings. The molecule has 0 spiro atoms. The zero-order valence-corrected chi connectivity index (χ0v) is 20.0. The van der Waals surface area contributed by atoms with E-state index in [-0.39, 0.29) is 33.4 Å². The number of anilines is 1. The van der Waals surface area contributed by atoms with Crippen LogP contribution in [0.4, 0.5) is 23.7 Å². The number of carbonyl (C=O) groups is 1. The summed E-state index contributed by atoms with van der Waals surface area (Å²) in [5, 5.41) is 5.31. The fourth-order valence-electron chi connectivity index (χ4n) is 3.07. The Morgan fingerprint density at radius 3 is 2.26 bits per heavy atom. The molecule has 1 atom stereocenters. The minimum absolute atomic E-state index is 0.0283. The molecule has 0 aromatic heterocycles. The number of nitrogens with one attached hydrogen (secondary N) is 2. The average molecular weight is 531 g/mol. The van der Waals surface area contributed by atoms with Gasteiger partial charge < -0.3 is 19.9 Å². The van der Waals surface area contributed by atoms with E-state index in [2.05, 4.69) is 15.4 Å². The zero-order valence-electron chi connectivity index (χ0n) is 17.7. The number of hydrogen-bond acceptors (Lipinski definition) is 3. The van der Waals surface area contributed by atoms with Crippen molar-refractivity contribution < 1.29 is 27.3 Å². The lowest BCUT2D eigenvalue weighted by atomic mass is 10.0. The van der Waals surface area contributed by atoms with Gasteiger partial charge in [-0.1, -0.05) is 53.5 Å². The Kier molecular flexibility index (Phi) is 8.59. The molecule has 2 amide bonds. The van der Waals surface area contributed by atoms with Crippen molar-refractivity contribution in [2.45, 2.75) is 24.7 Å². The summed E-state index contributed by atoms with van der Waals surface area (Å²) >= 11 is 11.6. The van der Waals surface area contributed by atoms with Crippen LogP contribution in [0.15, 0.2) is 65.6 Å². The molecule has 3 rings (SSSR count). The molecule has 2 N–H and O–H groups in total. The summed E-state index contributed by atoms with van der Waals surface area (Å²) in [6.07, 6.45) is -4.89. The Morgan fingerprint density at radius 1 is 1.06 bits per heavy atom. The van der Waals surface area contributed by atoms with E-state index in [1.165, 1.54) is 30.3 Å². The van der Waals surface area contributed by atoms with Gasteiger partial charge in [-0.15, -0.1) is 13.2 Å². The fraction of sp³-hybridized carbons (Fsp3) is 0.174. The van der Waals surface area contributed by atoms with Crippen molar-refractivity contribution in [3.8, 4) is 16.9 Å². The number of benzene rings is 3. The van der Waals surface area contributed by atoms with Gasteiger partial charge >= 0.3 is 12.4 Å². The lowest BCUT2D eigenvalue weighted by Gasteiger charge is -2.16. The van der Waals surface area contributed by atoms with Crippen LogP contribution in [-0.2, 0) is 17.7 Å². The lowest BCUT2D eigenvalue weighted by Crippen LogP contribution is -2.28. The molecule has 3 aromatic rings. The Hall–Kier alpha value is -2.59. The number of alkyl halides is 3. The van der Waals surface area contributed by atoms with Gasteiger partial charge in [-0.05, 0) is 54.0 Å². The molecule has 3 aromatic carbocycles. The molecular formula is C23H19Cl2F3N2O3S. The highest BCUT2D eigenvalue weighted by molar-refractivity contribution is 7.91. The van der Waals surface area contributed by atoms with Crippen molar-refractivity contribution in [1.29, 1.82) is 0 Å². The molecule has 0 radical (unpaired) electrons. The van der Waals surface area contributed by atoms with Crippen molar-refractivity contribution >= 4 is 46.1 Å². The molecule has 34 heavy (non-hydrogen) atoms. The second-order valence-corrected chi connectivity index (χ2v) is 9.50. The summed E-state index contributed by atoms with van der Waals surface area (Å²) in [6.45, 7) is 2.04. The molecule has 11 heteroatoms. The summed E-state index contributed by atoms with van der Waals surface area (Å²) in [6, 6.07) is 14.7. The van der Waals surface area contributed by atoms with Crippen LogP contribution in [0.25, 0.3) is 11.1 Å². The van der Waals surface area contributed by atoms with Gasteiger partial charge in [0, 0.05) is 23.4 Å². The first-order valence-electron chi connectivity index (χ1n) is 9.93. The minimum Gasteiger partial charge on any atom is -0.611 e. The van der Waals surface area contributed by atoms with Crippen LogP contribution in [0.5, 0.6) is 5.75 Å². The number of halogens is 5. The highest BCUT2D eigenvalue weighted by Crippen LogP contribution is 2.42. The van der Waals surface area contributed by atoms with Crippen molar-refractivity contribution in [2.24, 2.45) is 0 Å². The van der Waals surface area contributed by atoms with Crippen LogP contribution < -0.4 is 15.4 Å². The molecule has 0 aliphatic rings. The maximum Gasteiger partial charge on any atom is 0.573 e. The van der Waals surface area contributed by atoms with Crippen LogP contribution in [0, 0.1) is 0 Å². The number of para-hydroxylation sites is 1. The third-order valence-electron chi connectivity index (χ3n) is 4.58. The average Bonchev–Trinajstić information content (AvgIpc) is 2.77. The second-order valence-electron chi connectivity index (χ2n) is 6.94. The predicted molar refractivity (Wildman–Crippen MR) is 128 cm³/mol. The largest absolute Gasteiger partial charge is 0.611 e. The first-order chi connectivity index (χ1) is 16.1. The number of rotatable bonds is 7. The van der Waals surface area contributed by atoms with E-state index in [1.807, 2.05) is 6.92 Å². The Morgan fingerprint density at radius 2 is 1.68 bits per heavy atom. The highest BCUT2D eigenvalue weighted by Gasteiger charge is 2.32. The molecule has 0 aliphatic heterocycles. The molecule has 180 valence electrons. The molecule has 0 heterocycles. The van der Waals surface area contributed by atoms with Gasteiger partial charge in [-0.25, -0.2) is 4.79 Å². The summed E-state index contributed by atoms with van der Waals surface area (Å²) in [7, 11) is 0. The minimum atomic E-state index is -4.89. The topological polar surface area (TPSA) is 73.4 Å². The van der Waals surface area contributed by atoms with Gasteiger partial charge in [0.25, 0.3) is 0 Å². The zero-order chi connectivity index (χ0) is 24.9. The quantitative estimate of drug-likeness (QED) is 0.322. The summed E-state index contributed by atoms with van der Waals surface area (Å²) in [4.78, 5) is 13.0. The van der Waals surface area contributed by atoms with Crippen molar-refractivity contribution in [3.63, 3.8) is 0 Å². The maximum absolute atomic E-state index is 12.8. The molecule has 0 aliphatic carbocycles. The number of amides is 2. The second kappa shape index (κ2) is 11.2. The lowest BCUT2D eigenvalue weighted by molar-refractivity contribution is -0.274. The number of urea groups is 1. The van der Waals surface area contributed by atoms with Crippen LogP contribution >= 0.6 is 23.2 Å². The van der Waals surface area contributed by atoms with Gasteiger partial charge in [0.1, 0.15) is 11.5 Å². The maximum atomic E-state index is 12.8. The first kappa shape index (κ1) is 26.0. The standard InChI is InChI=1S/C23H19Cl2F3N2O3S/c1-2-34(32)16-9-7-14(8-10-16)13-29-22(31)30-15-11-18(24)21(19(25)12-15)17-5-3-4-6-20(17)33-23(26,27)28/h3-12H,2,13H2,1H3,(H2,29,30,31). The molecule has 0 bridgehead atoms. The van der Waals surface area contributed by atoms with Crippen LogP contribution in [0.1, 0.15) is 12.5 Å².